The van der Waals surface area contributed by atoms with Crippen molar-refractivity contribution in [3.63, 3.8) is 0 Å². The highest BCUT2D eigenvalue weighted by atomic mass is 19.2. The number of aromatic amines is 2. The minimum Gasteiger partial charge on any atom is -0.394 e. The van der Waals surface area contributed by atoms with Gasteiger partial charge in [-0.3, -0.25) is 0 Å². The zero-order valence-corrected chi connectivity index (χ0v) is 32.3. The molecule has 0 saturated carbocycles. The van der Waals surface area contributed by atoms with E-state index in [0.717, 1.165) is 0 Å². The topological polar surface area (TPSA) is 83.4 Å². The van der Waals surface area contributed by atoms with Crippen molar-refractivity contribution in [1.29, 1.82) is 0 Å². The van der Waals surface area contributed by atoms with Crippen LogP contribution in [-0.4, -0.2) is 19.9 Å². The summed E-state index contributed by atoms with van der Waals surface area (Å²) in [4.78, 5) is 12.5. The van der Waals surface area contributed by atoms with Crippen LogP contribution in [0, 0.1) is 111 Å². The van der Waals surface area contributed by atoms with Gasteiger partial charge in [0, 0.05) is 44.3 Å². The van der Waals surface area contributed by atoms with E-state index in [2.05, 4.69) is 19.9 Å². The number of hydrogen-bond donors (Lipinski definition) is 3. The van der Waals surface area contributed by atoms with Crippen molar-refractivity contribution >= 4 is 52.1 Å². The van der Waals surface area contributed by atoms with Crippen LogP contribution in [0.1, 0.15) is 22.8 Å². The van der Waals surface area contributed by atoms with Gasteiger partial charge < -0.3 is 15.7 Å². The predicted octanol–water partition coefficient (Wildman–Crippen LogP) is 13.5. The van der Waals surface area contributed by atoms with E-state index in [1.807, 2.05) is 0 Å². The lowest BCUT2D eigenvalue weighted by Gasteiger charge is -2.12. The summed E-state index contributed by atoms with van der Waals surface area (Å²) in [6.45, 7) is 0. The first kappa shape index (κ1) is 45.1. The fourth-order valence-corrected chi connectivity index (χ4v) is 7.60. The molecule has 5 heterocycles. The summed E-state index contributed by atoms with van der Waals surface area (Å²) in [5, 5.41) is 0. The Balaban J connectivity index is 1.60. The third-order valence-electron chi connectivity index (χ3n) is 10.7. The van der Waals surface area contributed by atoms with E-state index >= 15 is 43.9 Å². The van der Waals surface area contributed by atoms with Crippen LogP contribution in [0.2, 0.25) is 0 Å². The molecule has 0 fully saturated rings. The van der Waals surface area contributed by atoms with Gasteiger partial charge in [0.05, 0.1) is 45.0 Å². The molecule has 0 radical (unpaired) electrons. The molecule has 4 N–H and O–H groups in total. The lowest BCUT2D eigenvalue weighted by atomic mass is 10.0. The molecule has 8 bridgehead atoms. The number of hydrogen-bond acceptors (Lipinski definition) is 3. The SMILES string of the molecule is Nc1c(F)c(F)c(-c2c3nc(c(-c4c(F)c(F)c(F)c(F)c4F)c4ccc([nH]4)c(-c4c(F)c(F)c(F)c(F)c4F)c4nc(c(-c5c(F)c(F)c(F)c(F)c5F)c5ccc2[nH]5)C=C4)C=C3)c(F)c1F. The Morgan fingerprint density at radius 2 is 0.426 bits per heavy atom. The molecule has 0 amide bonds. The molecule has 0 spiro atoms. The van der Waals surface area contributed by atoms with E-state index < -0.39 is 206 Å². The highest BCUT2D eigenvalue weighted by Crippen LogP contribution is 2.45. The maximum Gasteiger partial charge on any atom is 0.200 e. The number of halogens is 19. The van der Waals surface area contributed by atoms with Gasteiger partial charge in [-0.2, -0.15) is 0 Å². The van der Waals surface area contributed by atoms with E-state index in [9.17, 15) is 39.5 Å². The van der Waals surface area contributed by atoms with E-state index in [1.54, 1.807) is 0 Å². The molecule has 0 unspecified atom stereocenters. The van der Waals surface area contributed by atoms with Crippen LogP contribution in [0.5, 0.6) is 0 Å². The van der Waals surface area contributed by atoms with Gasteiger partial charge in [-0.15, -0.1) is 0 Å². The molecular weight excluding hydrogens is 959 g/mol. The standard InChI is InChI=1S/C44H12F19N5/c45-25-21(26(46)34(54)39(59)33(25)53)17-9-1-3-11(65-9)18(22-27(47)35(55)40(60)36(56)28(22)48)13-5-7-15(67-13)20(24-31(51)42(62)44(64)43(63)32(24)52)16-8-6-14(68-16)19(12-4-2-10(17)66-12)23-29(49)37(57)41(61)38(58)30(23)50/h1-8,65,68H,64H2. The van der Waals surface area contributed by atoms with Crippen molar-refractivity contribution in [3.8, 4) is 44.5 Å². The Morgan fingerprint density at radius 1 is 0.250 bits per heavy atom. The van der Waals surface area contributed by atoms with Crippen molar-refractivity contribution in [1.82, 2.24) is 19.9 Å². The first-order valence-corrected chi connectivity index (χ1v) is 18.4. The zero-order chi connectivity index (χ0) is 49.3. The van der Waals surface area contributed by atoms with Crippen molar-refractivity contribution < 1.29 is 83.4 Å². The molecule has 2 aliphatic heterocycles. The molecule has 5 nitrogen and oxygen atoms in total. The van der Waals surface area contributed by atoms with Crippen LogP contribution in [-0.2, 0) is 0 Å². The highest BCUT2D eigenvalue weighted by Gasteiger charge is 2.35. The Bertz CT molecular complexity index is 3120. The Labute approximate surface area is 363 Å². The quantitative estimate of drug-likeness (QED) is 0.0711. The molecular formula is C44H12F19N5. The number of nitrogens with zero attached hydrogens (tertiary/aromatic N) is 2. The lowest BCUT2D eigenvalue weighted by molar-refractivity contribution is 0.381. The third-order valence-corrected chi connectivity index (χ3v) is 10.7. The van der Waals surface area contributed by atoms with Gasteiger partial charge in [0.1, 0.15) is 5.69 Å². The first-order valence-electron chi connectivity index (χ1n) is 18.4. The van der Waals surface area contributed by atoms with Gasteiger partial charge in [0.15, 0.2) is 93.1 Å². The van der Waals surface area contributed by atoms with Crippen molar-refractivity contribution in [3.05, 3.63) is 158 Å². The normalized spacial score (nSPS) is 12.3. The summed E-state index contributed by atoms with van der Waals surface area (Å²) in [7, 11) is 0. The average Bonchev–Trinajstić information content (AvgIpc) is 4.18. The number of H-pyrrole nitrogens is 2. The number of anilines is 1. The van der Waals surface area contributed by atoms with Crippen LogP contribution in [0.4, 0.5) is 89.1 Å². The second-order valence-electron chi connectivity index (χ2n) is 14.4. The maximum atomic E-state index is 15.9. The van der Waals surface area contributed by atoms with E-state index in [1.165, 1.54) is 0 Å². The van der Waals surface area contributed by atoms with Crippen molar-refractivity contribution in [2.75, 3.05) is 5.73 Å². The van der Waals surface area contributed by atoms with Gasteiger partial charge in [0.25, 0.3) is 0 Å². The lowest BCUT2D eigenvalue weighted by Crippen LogP contribution is -2.06. The number of aromatic nitrogens is 4. The fourth-order valence-electron chi connectivity index (χ4n) is 7.60. The van der Waals surface area contributed by atoms with Gasteiger partial charge >= 0.3 is 0 Å². The molecule has 9 rings (SSSR count). The molecule has 0 atom stereocenters. The summed E-state index contributed by atoms with van der Waals surface area (Å²) >= 11 is 0. The van der Waals surface area contributed by atoms with Gasteiger partial charge in [0.2, 0.25) is 17.5 Å². The van der Waals surface area contributed by atoms with Crippen molar-refractivity contribution in [2.24, 2.45) is 0 Å². The zero-order valence-electron chi connectivity index (χ0n) is 32.3. The number of benzene rings is 4. The molecule has 3 aromatic heterocycles. The number of nitrogen functional groups attached to an aromatic ring is 1. The molecule has 24 heteroatoms. The Kier molecular flexibility index (Phi) is 10.5. The first-order chi connectivity index (χ1) is 32.1. The second-order valence-corrected chi connectivity index (χ2v) is 14.4. The van der Waals surface area contributed by atoms with Gasteiger partial charge in [-0.05, 0) is 48.6 Å². The fraction of sp³-hybridized carbons (Fsp3) is 0. The smallest absolute Gasteiger partial charge is 0.200 e. The van der Waals surface area contributed by atoms with Crippen LogP contribution < -0.4 is 5.73 Å². The average molecular weight is 972 g/mol. The maximum absolute atomic E-state index is 15.9. The molecule has 346 valence electrons. The van der Waals surface area contributed by atoms with E-state index in [-0.39, 0.29) is 0 Å². The minimum absolute atomic E-state index is 0.624. The molecule has 68 heavy (non-hydrogen) atoms. The largest absolute Gasteiger partial charge is 0.394 e. The van der Waals surface area contributed by atoms with Crippen molar-refractivity contribution in [2.45, 2.75) is 0 Å². The summed E-state index contributed by atoms with van der Waals surface area (Å²) in [6, 6.07) is 2.68. The molecule has 0 saturated heterocycles. The summed E-state index contributed by atoms with van der Waals surface area (Å²) in [5.41, 5.74) is -16.2. The summed E-state index contributed by atoms with van der Waals surface area (Å²) < 4.78 is 290. The van der Waals surface area contributed by atoms with Crippen LogP contribution in [0.25, 0.3) is 90.9 Å². The minimum atomic E-state index is -2.70. The summed E-state index contributed by atoms with van der Waals surface area (Å²) in [5.74, 6) is -48.2. The van der Waals surface area contributed by atoms with Crippen LogP contribution in [0.15, 0.2) is 24.3 Å². The molecule has 7 aromatic rings. The molecule has 4 aromatic carbocycles. The van der Waals surface area contributed by atoms with E-state index in [4.69, 9.17) is 5.73 Å². The predicted molar refractivity (Wildman–Crippen MR) is 204 cm³/mol. The summed E-state index contributed by atoms with van der Waals surface area (Å²) in [6.07, 6.45) is 2.56. The Hall–Kier alpha value is -8.05. The van der Waals surface area contributed by atoms with Gasteiger partial charge in [-0.25, -0.2) is 93.4 Å². The highest BCUT2D eigenvalue weighted by molar-refractivity contribution is 6.00. The monoisotopic (exact) mass is 971 g/mol. The number of rotatable bonds is 4. The third kappa shape index (κ3) is 6.36. The van der Waals surface area contributed by atoms with Gasteiger partial charge in [-0.1, -0.05) is 0 Å². The molecule has 0 aliphatic carbocycles. The van der Waals surface area contributed by atoms with E-state index in [0.29, 0.717) is 48.6 Å². The Morgan fingerprint density at radius 3 is 0.632 bits per heavy atom. The van der Waals surface area contributed by atoms with Crippen LogP contribution >= 0.6 is 0 Å². The second kappa shape index (κ2) is 15.8. The number of fused-ring (bicyclic) bond motifs is 8. The molecule has 2 aliphatic rings. The number of nitrogens with one attached hydrogen (secondary N) is 2. The number of nitrogens with two attached hydrogens (primary N) is 1. The van der Waals surface area contributed by atoms with Crippen LogP contribution in [0.3, 0.4) is 0 Å².